The first-order valence-electron chi connectivity index (χ1n) is 7.73. The van der Waals surface area contributed by atoms with Gasteiger partial charge in [0.05, 0.1) is 0 Å². The van der Waals surface area contributed by atoms with Gasteiger partial charge in [0.15, 0.2) is 0 Å². The predicted molar refractivity (Wildman–Crippen MR) is 88.8 cm³/mol. The minimum absolute atomic E-state index is 0.183. The van der Waals surface area contributed by atoms with Gasteiger partial charge in [0, 0.05) is 36.6 Å². The van der Waals surface area contributed by atoms with Gasteiger partial charge in [-0.3, -0.25) is 0 Å². The highest BCUT2D eigenvalue weighted by atomic mass is 16.6. The summed E-state index contributed by atoms with van der Waals surface area (Å²) < 4.78 is 5.44. The maximum absolute atomic E-state index is 12.2. The number of hydrogen-bond donors (Lipinski definition) is 2. The monoisotopic (exact) mass is 303 g/mol. The summed E-state index contributed by atoms with van der Waals surface area (Å²) in [6.07, 6.45) is 3.05. The van der Waals surface area contributed by atoms with Crippen LogP contribution >= 0.6 is 0 Å². The van der Waals surface area contributed by atoms with Gasteiger partial charge in [0.25, 0.3) is 0 Å². The summed E-state index contributed by atoms with van der Waals surface area (Å²) in [7, 11) is 0. The number of anilines is 1. The molecule has 1 unspecified atom stereocenters. The van der Waals surface area contributed by atoms with Crippen LogP contribution in [0.1, 0.15) is 39.2 Å². The molecule has 0 bridgehead atoms. The fraction of sp³-hybridized carbons (Fsp3) is 0.529. The first-order valence-corrected chi connectivity index (χ1v) is 7.73. The van der Waals surface area contributed by atoms with Crippen molar-refractivity contribution in [3.8, 4) is 0 Å². The number of likely N-dealkylation sites (tertiary alicyclic amines) is 1. The Bertz CT molecular complexity index is 537. The first kappa shape index (κ1) is 16.3. The number of carbonyl (C=O) groups is 1. The van der Waals surface area contributed by atoms with E-state index < -0.39 is 5.60 Å². The summed E-state index contributed by atoms with van der Waals surface area (Å²) in [6.45, 7) is 7.00. The number of carbonyl (C=O) groups excluding carboxylic acids is 1. The number of hydrogen-bond acceptors (Lipinski definition) is 4. The number of rotatable bonds is 3. The Labute approximate surface area is 132 Å². The van der Waals surface area contributed by atoms with E-state index in [1.807, 2.05) is 45.0 Å². The zero-order valence-corrected chi connectivity index (χ0v) is 13.6. The zero-order chi connectivity index (χ0) is 16.2. The topological polar surface area (TPSA) is 65.4 Å². The van der Waals surface area contributed by atoms with Crippen molar-refractivity contribution in [2.24, 2.45) is 0 Å². The van der Waals surface area contributed by atoms with Crippen LogP contribution in [-0.4, -0.2) is 41.9 Å². The standard InChI is InChI=1S/C17H25N3O2/c1-17(2,3)22-16(21)20-10-6-8-14(12-20)19-15-9-5-4-7-13(15)11-18/h4-5,7,9,11,14,18-19H,6,8,10,12H2,1-3H3. The number of amides is 1. The van der Waals surface area contributed by atoms with Gasteiger partial charge in [-0.05, 0) is 39.7 Å². The zero-order valence-electron chi connectivity index (χ0n) is 13.6. The van der Waals surface area contributed by atoms with Crippen LogP contribution in [0.4, 0.5) is 10.5 Å². The van der Waals surface area contributed by atoms with Crippen LogP contribution in [0, 0.1) is 5.41 Å². The average Bonchev–Trinajstić information content (AvgIpc) is 2.46. The number of nitrogens with zero attached hydrogens (tertiary/aromatic N) is 1. The van der Waals surface area contributed by atoms with Gasteiger partial charge in [0.1, 0.15) is 5.60 Å². The van der Waals surface area contributed by atoms with Crippen LogP contribution in [0.25, 0.3) is 0 Å². The van der Waals surface area contributed by atoms with Gasteiger partial charge >= 0.3 is 6.09 Å². The van der Waals surface area contributed by atoms with Crippen LogP contribution in [-0.2, 0) is 4.74 Å². The lowest BCUT2D eigenvalue weighted by atomic mass is 10.0. The van der Waals surface area contributed by atoms with Crippen molar-refractivity contribution >= 4 is 18.0 Å². The highest BCUT2D eigenvalue weighted by molar-refractivity contribution is 5.85. The number of nitrogens with one attached hydrogen (secondary N) is 2. The SMILES string of the molecule is CC(C)(C)OC(=O)N1CCCC(Nc2ccccc2C=N)C1. The van der Waals surface area contributed by atoms with Gasteiger partial charge in [0.2, 0.25) is 0 Å². The number of benzene rings is 1. The van der Waals surface area contributed by atoms with E-state index in [0.717, 1.165) is 30.6 Å². The van der Waals surface area contributed by atoms with Gasteiger partial charge < -0.3 is 20.4 Å². The third kappa shape index (κ3) is 4.48. The van der Waals surface area contributed by atoms with E-state index in [-0.39, 0.29) is 12.1 Å². The molecule has 22 heavy (non-hydrogen) atoms. The number of piperidine rings is 1. The quantitative estimate of drug-likeness (QED) is 0.840. The maximum atomic E-state index is 12.2. The molecule has 0 aromatic heterocycles. The molecular formula is C17H25N3O2. The molecule has 0 spiro atoms. The largest absolute Gasteiger partial charge is 0.444 e. The molecule has 1 aliphatic heterocycles. The molecule has 1 saturated heterocycles. The van der Waals surface area contributed by atoms with E-state index >= 15 is 0 Å². The fourth-order valence-electron chi connectivity index (χ4n) is 2.56. The van der Waals surface area contributed by atoms with Crippen molar-refractivity contribution < 1.29 is 9.53 Å². The van der Waals surface area contributed by atoms with Gasteiger partial charge in [-0.25, -0.2) is 4.79 Å². The Kier molecular flexibility index (Phi) is 5.06. The first-order chi connectivity index (χ1) is 10.4. The molecule has 1 aromatic rings. The Morgan fingerprint density at radius 2 is 2.14 bits per heavy atom. The van der Waals surface area contributed by atoms with Gasteiger partial charge in [-0.2, -0.15) is 0 Å². The molecular weight excluding hydrogens is 278 g/mol. The lowest BCUT2D eigenvalue weighted by Gasteiger charge is -2.35. The summed E-state index contributed by atoms with van der Waals surface area (Å²) in [5.74, 6) is 0. The Morgan fingerprint density at radius 1 is 1.41 bits per heavy atom. The van der Waals surface area contributed by atoms with Crippen molar-refractivity contribution in [3.05, 3.63) is 29.8 Å². The number of para-hydroxylation sites is 1. The molecule has 5 nitrogen and oxygen atoms in total. The summed E-state index contributed by atoms with van der Waals surface area (Å²) in [5.41, 5.74) is 1.33. The molecule has 1 aromatic carbocycles. The molecule has 1 amide bonds. The average molecular weight is 303 g/mol. The molecule has 120 valence electrons. The maximum Gasteiger partial charge on any atom is 0.410 e. The molecule has 1 fully saturated rings. The Balaban J connectivity index is 1.99. The highest BCUT2D eigenvalue weighted by Crippen LogP contribution is 2.20. The van der Waals surface area contributed by atoms with Crippen LogP contribution in [0.3, 0.4) is 0 Å². The van der Waals surface area contributed by atoms with E-state index in [2.05, 4.69) is 5.32 Å². The molecule has 0 saturated carbocycles. The molecule has 5 heteroatoms. The van der Waals surface area contributed by atoms with Crippen molar-refractivity contribution in [3.63, 3.8) is 0 Å². The minimum atomic E-state index is -0.468. The summed E-state index contributed by atoms with van der Waals surface area (Å²) in [4.78, 5) is 13.9. The van der Waals surface area contributed by atoms with Crippen molar-refractivity contribution in [2.45, 2.75) is 45.3 Å². The normalized spacial score (nSPS) is 18.7. The van der Waals surface area contributed by atoms with Gasteiger partial charge in [-0.1, -0.05) is 18.2 Å². The van der Waals surface area contributed by atoms with Crippen LogP contribution in [0.2, 0.25) is 0 Å². The van der Waals surface area contributed by atoms with Gasteiger partial charge in [-0.15, -0.1) is 0 Å². The van der Waals surface area contributed by atoms with E-state index in [1.165, 1.54) is 6.21 Å². The molecule has 0 radical (unpaired) electrons. The lowest BCUT2D eigenvalue weighted by Crippen LogP contribution is -2.47. The van der Waals surface area contributed by atoms with Crippen molar-refractivity contribution in [1.82, 2.24) is 4.90 Å². The van der Waals surface area contributed by atoms with E-state index in [1.54, 1.807) is 4.90 Å². The van der Waals surface area contributed by atoms with Crippen LogP contribution < -0.4 is 5.32 Å². The smallest absolute Gasteiger partial charge is 0.410 e. The highest BCUT2D eigenvalue weighted by Gasteiger charge is 2.27. The van der Waals surface area contributed by atoms with E-state index in [9.17, 15) is 4.79 Å². The van der Waals surface area contributed by atoms with Crippen molar-refractivity contribution in [2.75, 3.05) is 18.4 Å². The third-order valence-corrected chi connectivity index (χ3v) is 3.55. The minimum Gasteiger partial charge on any atom is -0.444 e. The molecule has 1 atom stereocenters. The Morgan fingerprint density at radius 3 is 2.82 bits per heavy atom. The van der Waals surface area contributed by atoms with Crippen molar-refractivity contribution in [1.29, 1.82) is 5.41 Å². The Hall–Kier alpha value is -2.04. The molecule has 1 heterocycles. The third-order valence-electron chi connectivity index (χ3n) is 3.55. The predicted octanol–water partition coefficient (Wildman–Crippen LogP) is 3.50. The van der Waals surface area contributed by atoms with Crippen LogP contribution in [0.5, 0.6) is 0 Å². The number of ether oxygens (including phenoxy) is 1. The molecule has 1 aliphatic rings. The summed E-state index contributed by atoms with van der Waals surface area (Å²) in [6, 6.07) is 7.92. The molecule has 0 aliphatic carbocycles. The molecule has 2 N–H and O–H groups in total. The second-order valence-electron chi connectivity index (χ2n) is 6.64. The van der Waals surface area contributed by atoms with Crippen LogP contribution in [0.15, 0.2) is 24.3 Å². The lowest BCUT2D eigenvalue weighted by molar-refractivity contribution is 0.0206. The summed E-state index contributed by atoms with van der Waals surface area (Å²) in [5, 5.41) is 10.9. The molecule has 2 rings (SSSR count). The summed E-state index contributed by atoms with van der Waals surface area (Å²) >= 11 is 0. The second kappa shape index (κ2) is 6.81. The second-order valence-corrected chi connectivity index (χ2v) is 6.64. The van der Waals surface area contributed by atoms with E-state index in [4.69, 9.17) is 10.1 Å². The fourth-order valence-corrected chi connectivity index (χ4v) is 2.56. The van der Waals surface area contributed by atoms with E-state index in [0.29, 0.717) is 6.54 Å².